The van der Waals surface area contributed by atoms with Crippen molar-refractivity contribution in [2.45, 2.75) is 18.9 Å². The first-order valence-electron chi connectivity index (χ1n) is 9.11. The molecule has 0 aromatic heterocycles. The van der Waals surface area contributed by atoms with Gasteiger partial charge in [0, 0.05) is 22.7 Å². The number of benzodiazepines with no additional fused rings is 1. The lowest BCUT2D eigenvalue weighted by Gasteiger charge is -2.12. The molecule has 0 aliphatic carbocycles. The van der Waals surface area contributed by atoms with Crippen LogP contribution in [0.2, 0.25) is 5.02 Å². The van der Waals surface area contributed by atoms with Crippen molar-refractivity contribution in [3.05, 3.63) is 76.8 Å². The van der Waals surface area contributed by atoms with Crippen LogP contribution in [0.25, 0.3) is 10.8 Å². The molecule has 6 nitrogen and oxygen atoms in total. The fourth-order valence-corrected chi connectivity index (χ4v) is 3.63. The molecule has 1 atom stereocenters. The van der Waals surface area contributed by atoms with E-state index < -0.39 is 11.9 Å². The first-order valence-corrected chi connectivity index (χ1v) is 9.49. The van der Waals surface area contributed by atoms with Crippen LogP contribution in [0.3, 0.4) is 0 Å². The van der Waals surface area contributed by atoms with E-state index in [1.807, 2.05) is 42.5 Å². The second-order valence-electron chi connectivity index (χ2n) is 6.87. The van der Waals surface area contributed by atoms with E-state index in [0.29, 0.717) is 28.4 Å². The van der Waals surface area contributed by atoms with Crippen LogP contribution in [0.4, 0.5) is 5.69 Å². The van der Waals surface area contributed by atoms with Gasteiger partial charge in [0.1, 0.15) is 6.04 Å². The van der Waals surface area contributed by atoms with Crippen LogP contribution in [0.5, 0.6) is 0 Å². The Kier molecular flexibility index (Phi) is 5.29. The van der Waals surface area contributed by atoms with Crippen molar-refractivity contribution in [2.24, 2.45) is 4.99 Å². The molecule has 2 amide bonds. The van der Waals surface area contributed by atoms with E-state index in [9.17, 15) is 9.59 Å². The Hall–Kier alpha value is -3.22. The van der Waals surface area contributed by atoms with Gasteiger partial charge in [-0.05, 0) is 34.5 Å². The summed E-state index contributed by atoms with van der Waals surface area (Å²) in [4.78, 5) is 29.2. The maximum Gasteiger partial charge on any atom is 0.249 e. The molecule has 7 heteroatoms. The van der Waals surface area contributed by atoms with Gasteiger partial charge >= 0.3 is 0 Å². The van der Waals surface area contributed by atoms with Gasteiger partial charge in [-0.1, -0.05) is 54.1 Å². The van der Waals surface area contributed by atoms with Crippen molar-refractivity contribution in [3.63, 3.8) is 0 Å². The average Bonchev–Trinajstić information content (AvgIpc) is 2.84. The quantitative estimate of drug-likeness (QED) is 0.454. The van der Waals surface area contributed by atoms with Crippen LogP contribution < -0.4 is 10.8 Å². The molecular formula is C22H18ClN3O3. The summed E-state index contributed by atoms with van der Waals surface area (Å²) in [7, 11) is 0. The standard InChI is InChI=1S/C22H18ClN3O3/c23-16-7-8-18-17(11-16)19(12-21(27)26-29)24-20(22(28)25-18)10-13-5-6-14-3-1-2-4-15(14)9-13/h1-9,11,20,29H,10,12H2,(H,25,28)(H,26,27). The van der Waals surface area contributed by atoms with Gasteiger partial charge in [0.2, 0.25) is 11.8 Å². The first kappa shape index (κ1) is 19.1. The van der Waals surface area contributed by atoms with Gasteiger partial charge in [-0.2, -0.15) is 0 Å². The van der Waals surface area contributed by atoms with E-state index in [4.69, 9.17) is 16.8 Å². The Labute approximate surface area is 172 Å². The third-order valence-electron chi connectivity index (χ3n) is 4.86. The van der Waals surface area contributed by atoms with Gasteiger partial charge in [-0.3, -0.25) is 19.8 Å². The molecule has 0 saturated carbocycles. The molecular weight excluding hydrogens is 390 g/mol. The summed E-state index contributed by atoms with van der Waals surface area (Å²) in [5, 5.41) is 14.5. The Morgan fingerprint density at radius 2 is 1.90 bits per heavy atom. The Morgan fingerprint density at radius 1 is 1.10 bits per heavy atom. The highest BCUT2D eigenvalue weighted by molar-refractivity contribution is 6.31. The lowest BCUT2D eigenvalue weighted by Crippen LogP contribution is -2.28. The molecule has 29 heavy (non-hydrogen) atoms. The third-order valence-corrected chi connectivity index (χ3v) is 5.10. The van der Waals surface area contributed by atoms with Gasteiger partial charge in [-0.25, -0.2) is 5.48 Å². The van der Waals surface area contributed by atoms with Gasteiger partial charge < -0.3 is 5.32 Å². The lowest BCUT2D eigenvalue weighted by molar-refractivity contribution is -0.128. The number of hydrogen-bond acceptors (Lipinski definition) is 4. The first-order chi connectivity index (χ1) is 14.0. The topological polar surface area (TPSA) is 90.8 Å². The Morgan fingerprint density at radius 3 is 2.69 bits per heavy atom. The van der Waals surface area contributed by atoms with Gasteiger partial charge in [0.15, 0.2) is 0 Å². The molecule has 0 bridgehead atoms. The number of rotatable bonds is 4. The molecule has 4 rings (SSSR count). The Balaban J connectivity index is 1.71. The number of benzene rings is 3. The number of nitrogens with zero attached hydrogens (tertiary/aromatic N) is 1. The van der Waals surface area contributed by atoms with Crippen molar-refractivity contribution in [3.8, 4) is 0 Å². The number of anilines is 1. The number of nitrogens with one attached hydrogen (secondary N) is 2. The molecule has 1 heterocycles. The molecule has 3 aromatic rings. The molecule has 146 valence electrons. The zero-order valence-corrected chi connectivity index (χ0v) is 16.1. The number of carbonyl (C=O) groups excluding carboxylic acids is 2. The van der Waals surface area contributed by atoms with Crippen molar-refractivity contribution in [1.82, 2.24) is 5.48 Å². The fraction of sp³-hybridized carbons (Fsp3) is 0.136. The van der Waals surface area contributed by atoms with E-state index in [-0.39, 0.29) is 12.3 Å². The minimum absolute atomic E-state index is 0.174. The third kappa shape index (κ3) is 4.13. The smallest absolute Gasteiger partial charge is 0.249 e. The summed E-state index contributed by atoms with van der Waals surface area (Å²) >= 11 is 6.11. The summed E-state index contributed by atoms with van der Waals surface area (Å²) in [6.45, 7) is 0. The SMILES string of the molecule is O=C(CC1=NC(Cc2ccc3ccccc3c2)C(=O)Nc2ccc(Cl)cc21)NO. The molecule has 3 N–H and O–H groups in total. The number of fused-ring (bicyclic) bond motifs is 2. The molecule has 1 aliphatic heterocycles. The summed E-state index contributed by atoms with van der Waals surface area (Å²) in [6.07, 6.45) is 0.204. The maximum absolute atomic E-state index is 12.8. The van der Waals surface area contributed by atoms with Crippen molar-refractivity contribution in [2.75, 3.05) is 5.32 Å². The number of carbonyl (C=O) groups is 2. The van der Waals surface area contributed by atoms with E-state index in [1.165, 1.54) is 0 Å². The zero-order chi connectivity index (χ0) is 20.4. The summed E-state index contributed by atoms with van der Waals surface area (Å²) in [5.74, 6) is -0.880. The minimum Gasteiger partial charge on any atom is -0.324 e. The van der Waals surface area contributed by atoms with Crippen LogP contribution >= 0.6 is 11.6 Å². The monoisotopic (exact) mass is 407 g/mol. The van der Waals surface area contributed by atoms with Gasteiger partial charge in [0.05, 0.1) is 12.1 Å². The highest BCUT2D eigenvalue weighted by Gasteiger charge is 2.26. The van der Waals surface area contributed by atoms with Crippen LogP contribution in [0, 0.1) is 0 Å². The van der Waals surface area contributed by atoms with Gasteiger partial charge in [-0.15, -0.1) is 0 Å². The second-order valence-corrected chi connectivity index (χ2v) is 7.30. The molecule has 0 radical (unpaired) electrons. The molecule has 3 aromatic carbocycles. The predicted octanol–water partition coefficient (Wildman–Crippen LogP) is 3.74. The largest absolute Gasteiger partial charge is 0.324 e. The molecule has 0 saturated heterocycles. The number of amides is 2. The average molecular weight is 408 g/mol. The normalized spacial score (nSPS) is 15.9. The van der Waals surface area contributed by atoms with Crippen molar-refractivity contribution < 1.29 is 14.8 Å². The number of aliphatic imine (C=N–C) groups is 1. The molecule has 0 spiro atoms. The van der Waals surface area contributed by atoms with Crippen LogP contribution in [0.15, 0.2) is 65.7 Å². The fourth-order valence-electron chi connectivity index (χ4n) is 3.46. The van der Waals surface area contributed by atoms with E-state index in [1.54, 1.807) is 23.7 Å². The van der Waals surface area contributed by atoms with E-state index in [0.717, 1.165) is 16.3 Å². The van der Waals surface area contributed by atoms with Crippen molar-refractivity contribution >= 4 is 45.6 Å². The van der Waals surface area contributed by atoms with Crippen LogP contribution in [-0.4, -0.2) is 28.8 Å². The highest BCUT2D eigenvalue weighted by atomic mass is 35.5. The van der Waals surface area contributed by atoms with Crippen LogP contribution in [-0.2, 0) is 16.0 Å². The zero-order valence-electron chi connectivity index (χ0n) is 15.4. The predicted molar refractivity (Wildman–Crippen MR) is 113 cm³/mol. The number of halogens is 1. The summed E-state index contributed by atoms with van der Waals surface area (Å²) in [5.41, 5.74) is 4.06. The summed E-state index contributed by atoms with van der Waals surface area (Å²) < 4.78 is 0. The van der Waals surface area contributed by atoms with Gasteiger partial charge in [0.25, 0.3) is 0 Å². The highest BCUT2D eigenvalue weighted by Crippen LogP contribution is 2.27. The Bertz CT molecular complexity index is 1140. The lowest BCUT2D eigenvalue weighted by atomic mass is 10.0. The van der Waals surface area contributed by atoms with Crippen molar-refractivity contribution in [1.29, 1.82) is 0 Å². The maximum atomic E-state index is 12.8. The molecule has 1 unspecified atom stereocenters. The van der Waals surface area contributed by atoms with E-state index >= 15 is 0 Å². The summed E-state index contributed by atoms with van der Waals surface area (Å²) in [6, 6.07) is 18.3. The van der Waals surface area contributed by atoms with Crippen LogP contribution in [0.1, 0.15) is 17.5 Å². The van der Waals surface area contributed by atoms with E-state index in [2.05, 4.69) is 10.3 Å². The minimum atomic E-state index is -0.719. The second kappa shape index (κ2) is 8.03. The molecule has 1 aliphatic rings. The molecule has 0 fully saturated rings. The number of hydrogen-bond donors (Lipinski definition) is 3. The number of hydroxylamine groups is 1.